The molecule has 0 unspecified atom stereocenters. The number of ether oxygens (including phenoxy) is 1. The fraction of sp³-hybridized carbons (Fsp3) is 0.190. The molecule has 1 N–H and O–H groups in total. The number of hydrogen-bond acceptors (Lipinski definition) is 7. The van der Waals surface area contributed by atoms with Crippen molar-refractivity contribution in [1.82, 2.24) is 10.2 Å². The molecule has 30 heavy (non-hydrogen) atoms. The first-order valence-electron chi connectivity index (χ1n) is 9.34. The van der Waals surface area contributed by atoms with Gasteiger partial charge in [-0.1, -0.05) is 0 Å². The van der Waals surface area contributed by atoms with Gasteiger partial charge < -0.3 is 19.4 Å². The highest BCUT2D eigenvalue weighted by molar-refractivity contribution is 5.97. The predicted molar refractivity (Wildman–Crippen MR) is 107 cm³/mol. The maximum absolute atomic E-state index is 12.1. The van der Waals surface area contributed by atoms with Crippen molar-refractivity contribution >= 4 is 29.2 Å². The van der Waals surface area contributed by atoms with Crippen molar-refractivity contribution in [3.8, 4) is 11.5 Å². The van der Waals surface area contributed by atoms with Gasteiger partial charge in [0.2, 0.25) is 18.2 Å². The van der Waals surface area contributed by atoms with Gasteiger partial charge in [0.25, 0.3) is 5.91 Å². The number of amides is 2. The summed E-state index contributed by atoms with van der Waals surface area (Å²) in [5, 5.41) is 10.0. The second-order valence-corrected chi connectivity index (χ2v) is 6.64. The van der Waals surface area contributed by atoms with E-state index in [9.17, 15) is 14.4 Å². The summed E-state index contributed by atoms with van der Waals surface area (Å²) in [6.07, 6.45) is 2.63. The summed E-state index contributed by atoms with van der Waals surface area (Å²) in [6, 6.07) is 13.4. The van der Waals surface area contributed by atoms with E-state index in [0.717, 1.165) is 12.1 Å². The number of carbonyl (C=O) groups excluding carboxylic acids is 3. The van der Waals surface area contributed by atoms with Crippen LogP contribution < -0.4 is 10.2 Å². The molecule has 152 valence electrons. The van der Waals surface area contributed by atoms with Gasteiger partial charge in [-0.15, -0.1) is 10.2 Å². The summed E-state index contributed by atoms with van der Waals surface area (Å²) in [5.74, 6) is -0.640. The molecule has 0 aliphatic carbocycles. The van der Waals surface area contributed by atoms with Crippen LogP contribution in [0, 0.1) is 0 Å². The maximum atomic E-state index is 12.1. The molecular formula is C21H18N4O5. The van der Waals surface area contributed by atoms with Gasteiger partial charge in [-0.05, 0) is 55.0 Å². The molecule has 4 rings (SSSR count). The fourth-order valence-electron chi connectivity index (χ4n) is 3.11. The summed E-state index contributed by atoms with van der Waals surface area (Å²) in [5.41, 5.74) is 2.31. The third kappa shape index (κ3) is 4.35. The molecule has 1 aromatic heterocycles. The van der Waals surface area contributed by atoms with Crippen LogP contribution in [0.1, 0.15) is 23.2 Å². The van der Waals surface area contributed by atoms with E-state index in [1.54, 1.807) is 53.4 Å². The zero-order chi connectivity index (χ0) is 20.9. The minimum absolute atomic E-state index is 0.101. The first-order valence-corrected chi connectivity index (χ1v) is 9.34. The van der Waals surface area contributed by atoms with Crippen molar-refractivity contribution in [3.05, 3.63) is 60.5 Å². The number of rotatable bonds is 6. The Morgan fingerprint density at radius 2 is 1.87 bits per heavy atom. The number of nitrogens with zero attached hydrogens (tertiary/aromatic N) is 3. The molecule has 9 heteroatoms. The van der Waals surface area contributed by atoms with E-state index in [-0.39, 0.29) is 5.91 Å². The van der Waals surface area contributed by atoms with Crippen LogP contribution in [0.15, 0.2) is 59.3 Å². The maximum Gasteiger partial charge on any atom is 0.338 e. The van der Waals surface area contributed by atoms with Gasteiger partial charge in [-0.3, -0.25) is 9.59 Å². The highest BCUT2D eigenvalue weighted by atomic mass is 16.5. The SMILES string of the molecule is O=C(COC(=O)c1ccc(-c2nnco2)cc1)Nc1ccc(N2CCCC2=O)cc1. The van der Waals surface area contributed by atoms with E-state index in [1.807, 2.05) is 0 Å². The number of esters is 1. The Morgan fingerprint density at radius 3 is 2.50 bits per heavy atom. The minimum atomic E-state index is -0.620. The van der Waals surface area contributed by atoms with E-state index in [2.05, 4.69) is 15.5 Å². The summed E-state index contributed by atoms with van der Waals surface area (Å²) in [7, 11) is 0. The average Bonchev–Trinajstić information content (AvgIpc) is 3.45. The largest absolute Gasteiger partial charge is 0.452 e. The third-order valence-electron chi connectivity index (χ3n) is 4.60. The molecule has 2 aromatic carbocycles. The zero-order valence-electron chi connectivity index (χ0n) is 15.9. The molecule has 1 aliphatic rings. The third-order valence-corrected chi connectivity index (χ3v) is 4.60. The number of nitrogens with one attached hydrogen (secondary N) is 1. The van der Waals surface area contributed by atoms with Crippen LogP contribution in [0.25, 0.3) is 11.5 Å². The molecule has 2 amide bonds. The molecule has 0 atom stereocenters. The molecule has 1 fully saturated rings. The Balaban J connectivity index is 1.28. The van der Waals surface area contributed by atoms with E-state index in [4.69, 9.17) is 9.15 Å². The molecular weight excluding hydrogens is 388 g/mol. The Hall–Kier alpha value is -4.01. The number of carbonyl (C=O) groups is 3. The van der Waals surface area contributed by atoms with Gasteiger partial charge in [0.15, 0.2) is 6.61 Å². The van der Waals surface area contributed by atoms with Crippen molar-refractivity contribution in [1.29, 1.82) is 0 Å². The fourth-order valence-corrected chi connectivity index (χ4v) is 3.11. The van der Waals surface area contributed by atoms with E-state index < -0.39 is 18.5 Å². The first-order chi connectivity index (χ1) is 14.6. The Bertz CT molecular complexity index is 1050. The zero-order valence-corrected chi connectivity index (χ0v) is 15.9. The standard InChI is InChI=1S/C21H18N4O5/c26-18(23-16-7-9-17(10-8-16)25-11-1-2-19(25)27)12-29-21(28)15-5-3-14(4-6-15)20-24-22-13-30-20/h3-10,13H,1-2,11-12H2,(H,23,26). The number of anilines is 2. The Kier molecular flexibility index (Phi) is 5.51. The summed E-state index contributed by atoms with van der Waals surface area (Å²) >= 11 is 0. The van der Waals surface area contributed by atoms with E-state index >= 15 is 0 Å². The van der Waals surface area contributed by atoms with Gasteiger partial charge >= 0.3 is 5.97 Å². The highest BCUT2D eigenvalue weighted by Gasteiger charge is 2.21. The lowest BCUT2D eigenvalue weighted by atomic mass is 10.1. The molecule has 2 heterocycles. The molecule has 3 aromatic rings. The van der Waals surface area contributed by atoms with Crippen LogP contribution in [0.2, 0.25) is 0 Å². The van der Waals surface area contributed by atoms with Gasteiger partial charge in [0.1, 0.15) is 0 Å². The molecule has 0 bridgehead atoms. The van der Waals surface area contributed by atoms with Crippen molar-refractivity contribution < 1.29 is 23.5 Å². The molecule has 0 saturated carbocycles. The monoisotopic (exact) mass is 406 g/mol. The number of benzene rings is 2. The number of hydrogen-bond donors (Lipinski definition) is 1. The Labute approximate surface area is 171 Å². The van der Waals surface area contributed by atoms with Crippen LogP contribution in [-0.4, -0.2) is 41.1 Å². The second kappa shape index (κ2) is 8.56. The lowest BCUT2D eigenvalue weighted by Gasteiger charge is -2.16. The average molecular weight is 406 g/mol. The normalized spacial score (nSPS) is 13.3. The van der Waals surface area contributed by atoms with Crippen molar-refractivity contribution in [2.45, 2.75) is 12.8 Å². The summed E-state index contributed by atoms with van der Waals surface area (Å²) < 4.78 is 10.1. The lowest BCUT2D eigenvalue weighted by molar-refractivity contribution is -0.119. The quantitative estimate of drug-likeness (QED) is 0.626. The van der Waals surface area contributed by atoms with Gasteiger partial charge in [0, 0.05) is 29.9 Å². The van der Waals surface area contributed by atoms with Crippen LogP contribution in [0.4, 0.5) is 11.4 Å². The summed E-state index contributed by atoms with van der Waals surface area (Å²) in [6.45, 7) is 0.285. The topological polar surface area (TPSA) is 115 Å². The smallest absolute Gasteiger partial charge is 0.338 e. The van der Waals surface area contributed by atoms with Gasteiger partial charge in [-0.25, -0.2) is 4.79 Å². The minimum Gasteiger partial charge on any atom is -0.452 e. The lowest BCUT2D eigenvalue weighted by Crippen LogP contribution is -2.23. The molecule has 0 spiro atoms. The molecule has 1 saturated heterocycles. The van der Waals surface area contributed by atoms with Crippen LogP contribution in [0.5, 0.6) is 0 Å². The van der Waals surface area contributed by atoms with Crippen LogP contribution in [0.3, 0.4) is 0 Å². The predicted octanol–water partition coefficient (Wildman–Crippen LogP) is 2.66. The number of aromatic nitrogens is 2. The molecule has 1 aliphatic heterocycles. The summed E-state index contributed by atoms with van der Waals surface area (Å²) in [4.78, 5) is 37.7. The van der Waals surface area contributed by atoms with Gasteiger partial charge in [-0.2, -0.15) is 0 Å². The highest BCUT2D eigenvalue weighted by Crippen LogP contribution is 2.23. The van der Waals surface area contributed by atoms with E-state index in [1.165, 1.54) is 6.39 Å². The van der Waals surface area contributed by atoms with Crippen LogP contribution in [-0.2, 0) is 14.3 Å². The second-order valence-electron chi connectivity index (χ2n) is 6.64. The van der Waals surface area contributed by atoms with Crippen LogP contribution >= 0.6 is 0 Å². The van der Waals surface area contributed by atoms with Crippen molar-refractivity contribution in [2.24, 2.45) is 0 Å². The van der Waals surface area contributed by atoms with Crippen molar-refractivity contribution in [3.63, 3.8) is 0 Å². The van der Waals surface area contributed by atoms with E-state index in [0.29, 0.717) is 35.7 Å². The van der Waals surface area contributed by atoms with Gasteiger partial charge in [0.05, 0.1) is 5.56 Å². The Morgan fingerprint density at radius 1 is 1.10 bits per heavy atom. The van der Waals surface area contributed by atoms with Crippen molar-refractivity contribution in [2.75, 3.05) is 23.4 Å². The molecule has 9 nitrogen and oxygen atoms in total. The molecule has 0 radical (unpaired) electrons. The first kappa shape index (κ1) is 19.3.